The van der Waals surface area contributed by atoms with E-state index in [0.717, 1.165) is 24.3 Å². The van der Waals surface area contributed by atoms with E-state index in [9.17, 15) is 4.79 Å². The van der Waals surface area contributed by atoms with Crippen LogP contribution in [0.4, 0.5) is 5.69 Å². The van der Waals surface area contributed by atoms with Gasteiger partial charge < -0.3 is 14.8 Å². The van der Waals surface area contributed by atoms with Gasteiger partial charge in [-0.3, -0.25) is 0 Å². The third kappa shape index (κ3) is 3.88. The van der Waals surface area contributed by atoms with Gasteiger partial charge in [0.2, 0.25) is 0 Å². The van der Waals surface area contributed by atoms with Crippen molar-refractivity contribution in [2.75, 3.05) is 5.32 Å². The average Bonchev–Trinajstić information content (AvgIpc) is 2.90. The molecule has 0 fully saturated rings. The SMILES string of the molecule is CC(CCc1ccco1)Nc1cccc(C(=O)O)c1. The minimum atomic E-state index is -0.910. The Morgan fingerprint density at radius 3 is 2.89 bits per heavy atom. The van der Waals surface area contributed by atoms with Gasteiger partial charge in [0.25, 0.3) is 0 Å². The first-order chi connectivity index (χ1) is 9.15. The second-order valence-corrected chi connectivity index (χ2v) is 4.55. The molecule has 2 rings (SSSR count). The summed E-state index contributed by atoms with van der Waals surface area (Å²) in [5.74, 6) is 0.0554. The van der Waals surface area contributed by atoms with E-state index in [1.165, 1.54) is 0 Å². The molecule has 100 valence electrons. The summed E-state index contributed by atoms with van der Waals surface area (Å²) in [5.41, 5.74) is 1.12. The first-order valence-corrected chi connectivity index (χ1v) is 6.27. The maximum absolute atomic E-state index is 10.9. The van der Waals surface area contributed by atoms with Crippen LogP contribution < -0.4 is 5.32 Å². The van der Waals surface area contributed by atoms with E-state index in [4.69, 9.17) is 9.52 Å². The zero-order valence-corrected chi connectivity index (χ0v) is 10.8. The molecule has 0 spiro atoms. The van der Waals surface area contributed by atoms with E-state index in [-0.39, 0.29) is 6.04 Å². The van der Waals surface area contributed by atoms with Crippen LogP contribution in [0.1, 0.15) is 29.5 Å². The van der Waals surface area contributed by atoms with Crippen LogP contribution in [-0.2, 0) is 6.42 Å². The summed E-state index contributed by atoms with van der Waals surface area (Å²) in [6.45, 7) is 2.07. The molecular weight excluding hydrogens is 242 g/mol. The zero-order valence-electron chi connectivity index (χ0n) is 10.8. The lowest BCUT2D eigenvalue weighted by molar-refractivity contribution is 0.0697. The van der Waals surface area contributed by atoms with Crippen LogP contribution in [0.5, 0.6) is 0 Å². The molecule has 1 atom stereocenters. The van der Waals surface area contributed by atoms with E-state index in [1.54, 1.807) is 24.5 Å². The van der Waals surface area contributed by atoms with Gasteiger partial charge in [-0.2, -0.15) is 0 Å². The minimum Gasteiger partial charge on any atom is -0.478 e. The van der Waals surface area contributed by atoms with E-state index in [1.807, 2.05) is 18.2 Å². The number of rotatable bonds is 6. The molecule has 0 aliphatic carbocycles. The van der Waals surface area contributed by atoms with Crippen molar-refractivity contribution in [3.63, 3.8) is 0 Å². The van der Waals surface area contributed by atoms with Crippen LogP contribution in [0.3, 0.4) is 0 Å². The number of carboxylic acids is 1. The number of nitrogens with one attached hydrogen (secondary N) is 1. The van der Waals surface area contributed by atoms with Gasteiger partial charge in [0, 0.05) is 18.2 Å². The van der Waals surface area contributed by atoms with Crippen molar-refractivity contribution < 1.29 is 14.3 Å². The molecule has 1 unspecified atom stereocenters. The lowest BCUT2D eigenvalue weighted by Crippen LogP contribution is -2.16. The van der Waals surface area contributed by atoms with Crippen LogP contribution in [0.15, 0.2) is 47.1 Å². The first-order valence-electron chi connectivity index (χ1n) is 6.27. The summed E-state index contributed by atoms with van der Waals surface area (Å²) in [7, 11) is 0. The molecule has 0 amide bonds. The molecule has 2 N–H and O–H groups in total. The number of aryl methyl sites for hydroxylation is 1. The monoisotopic (exact) mass is 259 g/mol. The fraction of sp³-hybridized carbons (Fsp3) is 0.267. The number of carbonyl (C=O) groups is 1. The molecule has 0 radical (unpaired) electrons. The van der Waals surface area contributed by atoms with Gasteiger partial charge >= 0.3 is 5.97 Å². The summed E-state index contributed by atoms with van der Waals surface area (Å²) in [4.78, 5) is 10.9. The smallest absolute Gasteiger partial charge is 0.335 e. The molecule has 0 bridgehead atoms. The second kappa shape index (κ2) is 6.09. The van der Waals surface area contributed by atoms with Gasteiger partial charge in [0.15, 0.2) is 0 Å². The minimum absolute atomic E-state index is 0.245. The molecule has 0 saturated carbocycles. The van der Waals surface area contributed by atoms with Gasteiger partial charge in [-0.05, 0) is 43.7 Å². The number of hydrogen-bond acceptors (Lipinski definition) is 3. The molecule has 0 aliphatic heterocycles. The number of benzene rings is 1. The van der Waals surface area contributed by atoms with Crippen LogP contribution in [0.2, 0.25) is 0 Å². The number of furan rings is 1. The molecule has 1 aromatic carbocycles. The Balaban J connectivity index is 1.89. The third-order valence-electron chi connectivity index (χ3n) is 2.93. The fourth-order valence-electron chi connectivity index (χ4n) is 1.91. The fourth-order valence-corrected chi connectivity index (χ4v) is 1.91. The standard InChI is InChI=1S/C15H17NO3/c1-11(7-8-14-6-3-9-19-14)16-13-5-2-4-12(10-13)15(17)18/h2-6,9-11,16H,7-8H2,1H3,(H,17,18). The van der Waals surface area contributed by atoms with Crippen molar-refractivity contribution in [2.24, 2.45) is 0 Å². The van der Waals surface area contributed by atoms with Crippen molar-refractivity contribution >= 4 is 11.7 Å². The lowest BCUT2D eigenvalue weighted by Gasteiger charge is -2.14. The van der Waals surface area contributed by atoms with Crippen LogP contribution in [-0.4, -0.2) is 17.1 Å². The Morgan fingerprint density at radius 1 is 1.37 bits per heavy atom. The van der Waals surface area contributed by atoms with Crippen molar-refractivity contribution in [1.29, 1.82) is 0 Å². The van der Waals surface area contributed by atoms with Crippen molar-refractivity contribution in [1.82, 2.24) is 0 Å². The molecule has 2 aromatic rings. The maximum atomic E-state index is 10.9. The highest BCUT2D eigenvalue weighted by molar-refractivity contribution is 5.88. The van der Waals surface area contributed by atoms with E-state index < -0.39 is 5.97 Å². The quantitative estimate of drug-likeness (QED) is 0.834. The van der Waals surface area contributed by atoms with Crippen LogP contribution in [0.25, 0.3) is 0 Å². The molecule has 0 aliphatic rings. The number of anilines is 1. The maximum Gasteiger partial charge on any atom is 0.335 e. The largest absolute Gasteiger partial charge is 0.478 e. The Bertz CT molecular complexity index is 534. The van der Waals surface area contributed by atoms with Gasteiger partial charge in [0.05, 0.1) is 11.8 Å². The Morgan fingerprint density at radius 2 is 2.21 bits per heavy atom. The third-order valence-corrected chi connectivity index (χ3v) is 2.93. The van der Waals surface area contributed by atoms with Crippen LogP contribution in [0, 0.1) is 0 Å². The highest BCUT2D eigenvalue weighted by Crippen LogP contribution is 2.14. The first kappa shape index (κ1) is 13.2. The summed E-state index contributed by atoms with van der Waals surface area (Å²) in [6.07, 6.45) is 3.45. The Kier molecular flexibility index (Phi) is 4.23. The summed E-state index contributed by atoms with van der Waals surface area (Å²) >= 11 is 0. The topological polar surface area (TPSA) is 62.5 Å². The predicted octanol–water partition coefficient (Wildman–Crippen LogP) is 3.41. The molecule has 19 heavy (non-hydrogen) atoms. The molecule has 4 heteroatoms. The van der Waals surface area contributed by atoms with Crippen molar-refractivity contribution in [3.05, 3.63) is 54.0 Å². The summed E-state index contributed by atoms with van der Waals surface area (Å²) in [5, 5.41) is 12.2. The molecular formula is C15H17NO3. The second-order valence-electron chi connectivity index (χ2n) is 4.55. The van der Waals surface area contributed by atoms with E-state index in [2.05, 4.69) is 12.2 Å². The van der Waals surface area contributed by atoms with Gasteiger partial charge in [-0.25, -0.2) is 4.79 Å². The molecule has 1 heterocycles. The number of carboxylic acid groups (broad SMARTS) is 1. The summed E-state index contributed by atoms with van der Waals surface area (Å²) < 4.78 is 5.28. The molecule has 4 nitrogen and oxygen atoms in total. The Labute approximate surface area is 112 Å². The normalized spacial score (nSPS) is 12.1. The van der Waals surface area contributed by atoms with Crippen molar-refractivity contribution in [2.45, 2.75) is 25.8 Å². The highest BCUT2D eigenvalue weighted by atomic mass is 16.4. The van der Waals surface area contributed by atoms with Gasteiger partial charge in [-0.1, -0.05) is 6.07 Å². The number of aromatic carboxylic acids is 1. The molecule has 1 aromatic heterocycles. The zero-order chi connectivity index (χ0) is 13.7. The number of hydrogen-bond donors (Lipinski definition) is 2. The highest BCUT2D eigenvalue weighted by Gasteiger charge is 2.07. The van der Waals surface area contributed by atoms with Gasteiger partial charge in [-0.15, -0.1) is 0 Å². The van der Waals surface area contributed by atoms with Gasteiger partial charge in [0.1, 0.15) is 5.76 Å². The van der Waals surface area contributed by atoms with Crippen molar-refractivity contribution in [3.8, 4) is 0 Å². The Hall–Kier alpha value is -2.23. The van der Waals surface area contributed by atoms with Crippen LogP contribution >= 0.6 is 0 Å². The molecule has 0 saturated heterocycles. The summed E-state index contributed by atoms with van der Waals surface area (Å²) in [6, 6.07) is 10.9. The lowest BCUT2D eigenvalue weighted by atomic mass is 10.1. The predicted molar refractivity (Wildman–Crippen MR) is 73.5 cm³/mol. The van der Waals surface area contributed by atoms with E-state index in [0.29, 0.717) is 5.56 Å². The average molecular weight is 259 g/mol. The van der Waals surface area contributed by atoms with E-state index >= 15 is 0 Å².